The Morgan fingerprint density at radius 3 is 2.66 bits per heavy atom. The fourth-order valence-corrected chi connectivity index (χ4v) is 4.28. The van der Waals surface area contributed by atoms with Crippen molar-refractivity contribution in [2.45, 2.75) is 12.7 Å². The monoisotopic (exact) mass is 520 g/mol. The summed E-state index contributed by atoms with van der Waals surface area (Å²) in [5.41, 5.74) is -0.777. The normalized spacial score (nSPS) is 11.8. The van der Waals surface area contributed by atoms with Crippen LogP contribution < -0.4 is 5.32 Å². The van der Waals surface area contributed by atoms with Crippen molar-refractivity contribution in [2.24, 2.45) is 0 Å². The molecule has 1 aromatic carbocycles. The van der Waals surface area contributed by atoms with E-state index in [1.807, 2.05) is 0 Å². The minimum atomic E-state index is -4.73. The van der Waals surface area contributed by atoms with Gasteiger partial charge in [0.05, 0.1) is 17.1 Å². The number of amides is 1. The number of halogens is 5. The van der Waals surface area contributed by atoms with Gasteiger partial charge in [-0.3, -0.25) is 9.48 Å². The molecule has 178 valence electrons. The molecular weight excluding hydrogens is 508 g/mol. The van der Waals surface area contributed by atoms with E-state index in [1.165, 1.54) is 34.3 Å². The van der Waals surface area contributed by atoms with Gasteiger partial charge in [-0.05, 0) is 35.2 Å². The Hall–Kier alpha value is -3.77. The van der Waals surface area contributed by atoms with Gasteiger partial charge < -0.3 is 5.32 Å². The minimum Gasteiger partial charge on any atom is -0.302 e. The maximum Gasteiger partial charge on any atom is 0.433 e. The second-order valence-electron chi connectivity index (χ2n) is 7.41. The first kappa shape index (κ1) is 23.0. The van der Waals surface area contributed by atoms with Crippen LogP contribution >= 0.6 is 22.9 Å². The maximum atomic E-state index is 13.7. The molecule has 5 aromatic rings. The lowest BCUT2D eigenvalue weighted by molar-refractivity contribution is -0.142. The van der Waals surface area contributed by atoms with E-state index >= 15 is 0 Å². The molecule has 0 spiro atoms. The van der Waals surface area contributed by atoms with Crippen molar-refractivity contribution in [3.8, 4) is 10.6 Å². The van der Waals surface area contributed by atoms with Crippen LogP contribution in [0, 0.1) is 5.82 Å². The second kappa shape index (κ2) is 8.78. The number of carbonyl (C=O) groups excluding carboxylic acids is 1. The van der Waals surface area contributed by atoms with Gasteiger partial charge in [0.1, 0.15) is 10.8 Å². The molecule has 1 N–H and O–H groups in total. The first-order chi connectivity index (χ1) is 16.7. The molecule has 0 unspecified atom stereocenters. The third-order valence-electron chi connectivity index (χ3n) is 4.91. The van der Waals surface area contributed by atoms with Crippen LogP contribution in [0.2, 0.25) is 5.02 Å². The standard InChI is InChI=1S/C22H13ClF4N6OS/c23-14-11-32(10-12-3-1-4-13(24)7-12)31-20(14)29-21(34)16-9-19-28-15(17-5-2-6-35-17)8-18(22(25,26)27)33(19)30-16/h1-9,11H,10H2,(H,29,31,34). The molecule has 5 rings (SSSR count). The third-order valence-corrected chi connectivity index (χ3v) is 6.08. The molecule has 0 saturated carbocycles. The number of carbonyl (C=O) groups is 1. The molecule has 4 aromatic heterocycles. The zero-order chi connectivity index (χ0) is 24.7. The Morgan fingerprint density at radius 1 is 1.11 bits per heavy atom. The lowest BCUT2D eigenvalue weighted by Gasteiger charge is -2.10. The van der Waals surface area contributed by atoms with Crippen molar-refractivity contribution in [1.29, 1.82) is 0 Å². The largest absolute Gasteiger partial charge is 0.433 e. The molecule has 7 nitrogen and oxygen atoms in total. The number of thiophene rings is 1. The lowest BCUT2D eigenvalue weighted by atomic mass is 10.2. The average Bonchev–Trinajstić information content (AvgIpc) is 3.53. The molecule has 0 radical (unpaired) electrons. The first-order valence-electron chi connectivity index (χ1n) is 9.98. The van der Waals surface area contributed by atoms with Gasteiger partial charge >= 0.3 is 6.18 Å². The van der Waals surface area contributed by atoms with E-state index in [1.54, 1.807) is 29.6 Å². The molecule has 0 bridgehead atoms. The van der Waals surface area contributed by atoms with Crippen molar-refractivity contribution in [2.75, 3.05) is 5.32 Å². The molecule has 13 heteroatoms. The van der Waals surface area contributed by atoms with E-state index in [0.717, 1.165) is 12.1 Å². The fraction of sp³-hybridized carbons (Fsp3) is 0.0909. The van der Waals surface area contributed by atoms with Crippen molar-refractivity contribution in [3.63, 3.8) is 0 Å². The smallest absolute Gasteiger partial charge is 0.302 e. The van der Waals surface area contributed by atoms with Gasteiger partial charge in [0, 0.05) is 12.3 Å². The summed E-state index contributed by atoms with van der Waals surface area (Å²) in [6.45, 7) is 0.187. The highest BCUT2D eigenvalue weighted by atomic mass is 35.5. The number of benzene rings is 1. The van der Waals surface area contributed by atoms with Crippen LogP contribution in [0.15, 0.2) is 60.1 Å². The number of rotatable bonds is 5. The maximum absolute atomic E-state index is 13.7. The van der Waals surface area contributed by atoms with Gasteiger partial charge in [-0.15, -0.1) is 11.3 Å². The van der Waals surface area contributed by atoms with Crippen molar-refractivity contribution in [3.05, 3.63) is 87.9 Å². The number of nitrogens with zero attached hydrogens (tertiary/aromatic N) is 5. The first-order valence-corrected chi connectivity index (χ1v) is 11.2. The molecule has 0 saturated heterocycles. The SMILES string of the molecule is O=C(Nc1nn(Cc2cccc(F)c2)cc1Cl)c1cc2nc(-c3cccs3)cc(C(F)(F)F)n2n1. The van der Waals surface area contributed by atoms with E-state index in [2.05, 4.69) is 20.5 Å². The molecular formula is C22H13ClF4N6OS. The summed E-state index contributed by atoms with van der Waals surface area (Å²) in [6, 6.07) is 11.3. The number of hydrogen-bond donors (Lipinski definition) is 1. The van der Waals surface area contributed by atoms with Crippen LogP contribution in [0.1, 0.15) is 21.7 Å². The van der Waals surface area contributed by atoms with Crippen molar-refractivity contribution < 1.29 is 22.4 Å². The quantitative estimate of drug-likeness (QED) is 0.299. The topological polar surface area (TPSA) is 77.1 Å². The van der Waals surface area contributed by atoms with Crippen LogP contribution in [-0.4, -0.2) is 30.3 Å². The Balaban J connectivity index is 1.44. The molecule has 0 atom stereocenters. The Morgan fingerprint density at radius 2 is 1.94 bits per heavy atom. The third kappa shape index (κ3) is 4.75. The van der Waals surface area contributed by atoms with Crippen LogP contribution in [0.5, 0.6) is 0 Å². The number of hydrogen-bond acceptors (Lipinski definition) is 5. The molecule has 0 aliphatic carbocycles. The number of anilines is 1. The number of aromatic nitrogens is 5. The van der Waals surface area contributed by atoms with Gasteiger partial charge in [-0.2, -0.15) is 23.4 Å². The average molecular weight is 521 g/mol. The zero-order valence-corrected chi connectivity index (χ0v) is 19.0. The van der Waals surface area contributed by atoms with Gasteiger partial charge in [0.25, 0.3) is 5.91 Å². The number of nitrogens with one attached hydrogen (secondary N) is 1. The molecule has 1 amide bonds. The van der Waals surface area contributed by atoms with Gasteiger partial charge in [-0.25, -0.2) is 13.9 Å². The lowest BCUT2D eigenvalue weighted by Crippen LogP contribution is -2.16. The molecule has 4 heterocycles. The molecule has 0 fully saturated rings. The Kier molecular flexibility index (Phi) is 5.77. The van der Waals surface area contributed by atoms with E-state index < -0.39 is 23.6 Å². The summed E-state index contributed by atoms with van der Waals surface area (Å²) in [5, 5.41) is 12.2. The van der Waals surface area contributed by atoms with Gasteiger partial charge in [-0.1, -0.05) is 29.8 Å². The van der Waals surface area contributed by atoms with Crippen LogP contribution in [0.4, 0.5) is 23.4 Å². The summed E-state index contributed by atoms with van der Waals surface area (Å²) in [6.07, 6.45) is -3.30. The highest BCUT2D eigenvalue weighted by Gasteiger charge is 2.36. The summed E-state index contributed by atoms with van der Waals surface area (Å²) >= 11 is 7.40. The van der Waals surface area contributed by atoms with E-state index in [0.29, 0.717) is 15.0 Å². The highest BCUT2D eigenvalue weighted by molar-refractivity contribution is 7.13. The number of alkyl halides is 3. The van der Waals surface area contributed by atoms with Gasteiger partial charge in [0.15, 0.2) is 22.9 Å². The predicted molar refractivity (Wildman–Crippen MR) is 122 cm³/mol. The van der Waals surface area contributed by atoms with Gasteiger partial charge in [0.2, 0.25) is 0 Å². The summed E-state index contributed by atoms with van der Waals surface area (Å²) in [4.78, 5) is 17.5. The van der Waals surface area contributed by atoms with Crippen molar-refractivity contribution >= 4 is 40.3 Å². The van der Waals surface area contributed by atoms with E-state index in [-0.39, 0.29) is 34.4 Å². The number of fused-ring (bicyclic) bond motifs is 1. The molecule has 0 aliphatic rings. The Labute approximate surface area is 203 Å². The predicted octanol–water partition coefficient (Wildman–Crippen LogP) is 5.77. The summed E-state index contributed by atoms with van der Waals surface area (Å²) in [5.74, 6) is -1.25. The summed E-state index contributed by atoms with van der Waals surface area (Å²) < 4.78 is 56.5. The molecule has 0 aliphatic heterocycles. The highest BCUT2D eigenvalue weighted by Crippen LogP contribution is 2.33. The zero-order valence-electron chi connectivity index (χ0n) is 17.4. The van der Waals surface area contributed by atoms with E-state index in [4.69, 9.17) is 11.6 Å². The summed E-state index contributed by atoms with van der Waals surface area (Å²) in [7, 11) is 0. The van der Waals surface area contributed by atoms with E-state index in [9.17, 15) is 22.4 Å². The minimum absolute atomic E-state index is 0.0200. The van der Waals surface area contributed by atoms with Crippen LogP contribution in [0.3, 0.4) is 0 Å². The fourth-order valence-electron chi connectivity index (χ4n) is 3.39. The Bertz CT molecular complexity index is 1540. The second-order valence-corrected chi connectivity index (χ2v) is 8.76. The van der Waals surface area contributed by atoms with Crippen molar-refractivity contribution in [1.82, 2.24) is 24.4 Å². The van der Waals surface area contributed by atoms with Crippen LogP contribution in [-0.2, 0) is 12.7 Å². The molecule has 35 heavy (non-hydrogen) atoms. The van der Waals surface area contributed by atoms with Crippen LogP contribution in [0.25, 0.3) is 16.2 Å².